The predicted molar refractivity (Wildman–Crippen MR) is 81.0 cm³/mol. The number of nitrogens with one attached hydrogen (secondary N) is 1. The van der Waals surface area contributed by atoms with Crippen LogP contribution in [-0.4, -0.2) is 25.5 Å². The molecule has 3 atom stereocenters. The van der Waals surface area contributed by atoms with E-state index in [9.17, 15) is 8.42 Å². The first-order chi connectivity index (χ1) is 8.95. The van der Waals surface area contributed by atoms with Gasteiger partial charge in [0.1, 0.15) is 0 Å². The second-order valence-corrected chi connectivity index (χ2v) is 7.69. The van der Waals surface area contributed by atoms with Crippen molar-refractivity contribution in [3.8, 4) is 0 Å². The Labute approximate surface area is 117 Å². The fourth-order valence-electron chi connectivity index (χ4n) is 2.22. The summed E-state index contributed by atoms with van der Waals surface area (Å²) in [5, 5.41) is 2.58. The van der Waals surface area contributed by atoms with Gasteiger partial charge in [-0.15, -0.1) is 0 Å². The molecule has 0 spiro atoms. The number of rotatable bonds is 7. The summed E-state index contributed by atoms with van der Waals surface area (Å²) in [6.07, 6.45) is 0.653. The van der Waals surface area contributed by atoms with Crippen LogP contribution in [0.4, 0.5) is 0 Å². The highest BCUT2D eigenvalue weighted by atomic mass is 32.2. The predicted octanol–water partition coefficient (Wildman–Crippen LogP) is 2.94. The zero-order valence-corrected chi connectivity index (χ0v) is 13.1. The summed E-state index contributed by atoms with van der Waals surface area (Å²) in [7, 11) is -3.12. The van der Waals surface area contributed by atoms with Crippen LogP contribution in [0.1, 0.15) is 45.7 Å². The molecule has 3 unspecified atom stereocenters. The molecule has 0 saturated carbocycles. The van der Waals surface area contributed by atoms with Gasteiger partial charge in [-0.05, 0) is 32.4 Å². The van der Waals surface area contributed by atoms with Gasteiger partial charge in [0.05, 0.1) is 10.5 Å². The molecule has 0 aliphatic carbocycles. The molecule has 0 fully saturated rings. The first kappa shape index (κ1) is 16.2. The Bertz CT molecular complexity index is 470. The van der Waals surface area contributed by atoms with Gasteiger partial charge in [-0.25, -0.2) is 8.42 Å². The lowest BCUT2D eigenvalue weighted by atomic mass is 10.0. The van der Waals surface area contributed by atoms with Gasteiger partial charge in [0.25, 0.3) is 0 Å². The normalized spacial score (nSPS) is 16.8. The molecule has 4 heteroatoms. The Morgan fingerprint density at radius 3 is 2.16 bits per heavy atom. The molecule has 0 radical (unpaired) electrons. The van der Waals surface area contributed by atoms with Crippen LogP contribution in [0, 0.1) is 0 Å². The minimum atomic E-state index is -3.12. The maximum Gasteiger partial charge on any atom is 0.157 e. The third-order valence-electron chi connectivity index (χ3n) is 3.71. The van der Waals surface area contributed by atoms with Crippen molar-refractivity contribution in [2.75, 3.05) is 6.54 Å². The van der Waals surface area contributed by atoms with Gasteiger partial charge in [0.2, 0.25) is 0 Å². The van der Waals surface area contributed by atoms with Gasteiger partial charge in [-0.1, -0.05) is 44.2 Å². The van der Waals surface area contributed by atoms with E-state index in [2.05, 4.69) is 5.32 Å². The Morgan fingerprint density at radius 1 is 1.11 bits per heavy atom. The summed E-state index contributed by atoms with van der Waals surface area (Å²) in [5.74, 6) is 0. The Hall–Kier alpha value is -0.870. The second-order valence-electron chi connectivity index (χ2n) is 4.96. The van der Waals surface area contributed by atoms with Crippen molar-refractivity contribution >= 4 is 9.84 Å². The third kappa shape index (κ3) is 3.80. The van der Waals surface area contributed by atoms with Crippen molar-refractivity contribution < 1.29 is 8.42 Å². The monoisotopic (exact) mass is 283 g/mol. The summed E-state index contributed by atoms with van der Waals surface area (Å²) >= 11 is 0. The molecule has 0 aliphatic rings. The lowest BCUT2D eigenvalue weighted by Crippen LogP contribution is -2.39. The maximum atomic E-state index is 12.5. The van der Waals surface area contributed by atoms with Crippen LogP contribution < -0.4 is 5.32 Å². The van der Waals surface area contributed by atoms with Gasteiger partial charge in [-0.3, -0.25) is 0 Å². The fourth-order valence-corrected chi connectivity index (χ4v) is 4.05. The molecule has 0 heterocycles. The van der Waals surface area contributed by atoms with E-state index in [4.69, 9.17) is 0 Å². The van der Waals surface area contributed by atoms with Crippen molar-refractivity contribution in [1.29, 1.82) is 0 Å². The molecule has 0 aromatic heterocycles. The summed E-state index contributed by atoms with van der Waals surface area (Å²) in [6, 6.07) is 9.65. The van der Waals surface area contributed by atoms with Crippen molar-refractivity contribution in [1.82, 2.24) is 5.32 Å². The van der Waals surface area contributed by atoms with E-state index in [0.29, 0.717) is 6.42 Å². The molecular weight excluding hydrogens is 258 g/mol. The van der Waals surface area contributed by atoms with E-state index in [1.807, 2.05) is 51.1 Å². The number of hydrogen-bond donors (Lipinski definition) is 1. The fraction of sp³-hybridized carbons (Fsp3) is 0.600. The van der Waals surface area contributed by atoms with E-state index in [1.54, 1.807) is 6.92 Å². The largest absolute Gasteiger partial charge is 0.309 e. The maximum absolute atomic E-state index is 12.5. The molecule has 0 saturated heterocycles. The first-order valence-corrected chi connectivity index (χ1v) is 8.57. The summed E-state index contributed by atoms with van der Waals surface area (Å²) < 4.78 is 25.0. The summed E-state index contributed by atoms with van der Waals surface area (Å²) in [6.45, 7) is 8.26. The highest BCUT2D eigenvalue weighted by molar-refractivity contribution is 7.92. The SMILES string of the molecule is CCNC(c1ccccc1)C(C)S(=O)(=O)C(C)CC. The Morgan fingerprint density at radius 2 is 1.68 bits per heavy atom. The highest BCUT2D eigenvalue weighted by Crippen LogP contribution is 2.25. The van der Waals surface area contributed by atoms with Crippen molar-refractivity contribution in [2.45, 2.75) is 50.7 Å². The Balaban J connectivity index is 3.07. The van der Waals surface area contributed by atoms with Crippen LogP contribution in [0.3, 0.4) is 0 Å². The van der Waals surface area contributed by atoms with Crippen molar-refractivity contribution in [3.63, 3.8) is 0 Å². The molecule has 1 aromatic rings. The lowest BCUT2D eigenvalue weighted by molar-refractivity contribution is 0.502. The van der Waals surface area contributed by atoms with E-state index in [1.165, 1.54) is 0 Å². The number of sulfone groups is 1. The van der Waals surface area contributed by atoms with Gasteiger partial charge in [0.15, 0.2) is 9.84 Å². The quantitative estimate of drug-likeness (QED) is 0.837. The minimum absolute atomic E-state index is 0.148. The molecule has 3 nitrogen and oxygen atoms in total. The van der Waals surface area contributed by atoms with Crippen LogP contribution >= 0.6 is 0 Å². The van der Waals surface area contributed by atoms with E-state index in [-0.39, 0.29) is 11.3 Å². The Kier molecular flexibility index (Phi) is 6.01. The van der Waals surface area contributed by atoms with Gasteiger partial charge in [0, 0.05) is 6.04 Å². The summed E-state index contributed by atoms with van der Waals surface area (Å²) in [4.78, 5) is 0. The molecule has 1 N–H and O–H groups in total. The topological polar surface area (TPSA) is 46.2 Å². The molecule has 0 amide bonds. The lowest BCUT2D eigenvalue weighted by Gasteiger charge is -2.27. The van der Waals surface area contributed by atoms with Gasteiger partial charge >= 0.3 is 0 Å². The highest BCUT2D eigenvalue weighted by Gasteiger charge is 2.33. The molecule has 1 rings (SSSR count). The third-order valence-corrected chi connectivity index (χ3v) is 6.47. The van der Waals surface area contributed by atoms with Crippen LogP contribution in [-0.2, 0) is 9.84 Å². The number of benzene rings is 1. The number of hydrogen-bond acceptors (Lipinski definition) is 3. The zero-order chi connectivity index (χ0) is 14.5. The van der Waals surface area contributed by atoms with Crippen LogP contribution in [0.25, 0.3) is 0 Å². The second kappa shape index (κ2) is 7.06. The minimum Gasteiger partial charge on any atom is -0.309 e. The van der Waals surface area contributed by atoms with Crippen molar-refractivity contribution in [3.05, 3.63) is 35.9 Å². The van der Waals surface area contributed by atoms with Crippen molar-refractivity contribution in [2.24, 2.45) is 0 Å². The average Bonchev–Trinajstić information content (AvgIpc) is 2.43. The van der Waals surface area contributed by atoms with E-state index >= 15 is 0 Å². The molecule has 0 aliphatic heterocycles. The average molecular weight is 283 g/mol. The van der Waals surface area contributed by atoms with Gasteiger partial charge in [-0.2, -0.15) is 0 Å². The van der Waals surface area contributed by atoms with E-state index < -0.39 is 15.1 Å². The molecule has 19 heavy (non-hydrogen) atoms. The molecule has 108 valence electrons. The van der Waals surface area contributed by atoms with E-state index in [0.717, 1.165) is 12.1 Å². The summed E-state index contributed by atoms with van der Waals surface area (Å²) in [5.41, 5.74) is 1.03. The standard InChI is InChI=1S/C15H25NO2S/c1-5-12(3)19(17,18)13(4)15(16-6-2)14-10-8-7-9-11-14/h7-13,15-16H,5-6H2,1-4H3. The van der Waals surface area contributed by atoms with Crippen LogP contribution in [0.5, 0.6) is 0 Å². The zero-order valence-electron chi connectivity index (χ0n) is 12.3. The van der Waals surface area contributed by atoms with Gasteiger partial charge < -0.3 is 5.32 Å². The van der Waals surface area contributed by atoms with Crippen LogP contribution in [0.2, 0.25) is 0 Å². The smallest absolute Gasteiger partial charge is 0.157 e. The molecule has 0 bridgehead atoms. The first-order valence-electron chi connectivity index (χ1n) is 6.96. The molecular formula is C15H25NO2S. The van der Waals surface area contributed by atoms with Crippen LogP contribution in [0.15, 0.2) is 30.3 Å². The molecule has 1 aromatic carbocycles.